The highest BCUT2D eigenvalue weighted by molar-refractivity contribution is 6.12. The van der Waals surface area contributed by atoms with Gasteiger partial charge in [-0.15, -0.1) is 0 Å². The Morgan fingerprint density at radius 2 is 0.820 bits per heavy atom. The molecule has 0 fully saturated rings. The number of aromatic nitrogens is 3. The van der Waals surface area contributed by atoms with Gasteiger partial charge in [-0.1, -0.05) is 127 Å². The first kappa shape index (κ1) is 28.2. The first-order valence-electron chi connectivity index (χ1n) is 16.6. The Morgan fingerprint density at radius 1 is 0.300 bits per heavy atom. The van der Waals surface area contributed by atoms with E-state index < -0.39 is 0 Å². The molecule has 0 aliphatic carbocycles. The van der Waals surface area contributed by atoms with Crippen LogP contribution in [0, 0.1) is 0 Å². The molecule has 234 valence electrons. The van der Waals surface area contributed by atoms with Crippen LogP contribution in [0.1, 0.15) is 0 Å². The molecule has 0 aliphatic rings. The predicted molar refractivity (Wildman–Crippen MR) is 202 cm³/mol. The molecule has 0 saturated carbocycles. The van der Waals surface area contributed by atoms with Gasteiger partial charge in [-0.3, -0.25) is 0 Å². The minimum Gasteiger partial charge on any atom is -0.456 e. The molecule has 3 aromatic heterocycles. The van der Waals surface area contributed by atoms with Crippen molar-refractivity contribution in [2.75, 3.05) is 0 Å². The standard InChI is InChI=1S/C45H27N3O2/c1-2-10-30(11-3-1)43-46-44(48-45(47-43)33-24-25-36-35-14-4-6-17-38(35)50-41(36)27-33)32-13-8-12-31(26-32)28-20-22-29(23-21-28)34-16-9-19-40-42(34)37-15-5-7-18-39(37)49-40/h1-27H. The summed E-state index contributed by atoms with van der Waals surface area (Å²) >= 11 is 0. The summed E-state index contributed by atoms with van der Waals surface area (Å²) in [5.41, 5.74) is 10.6. The topological polar surface area (TPSA) is 65.0 Å². The quantitative estimate of drug-likeness (QED) is 0.187. The lowest BCUT2D eigenvalue weighted by molar-refractivity contribution is 0.668. The molecule has 0 spiro atoms. The zero-order chi connectivity index (χ0) is 33.0. The minimum atomic E-state index is 0.590. The van der Waals surface area contributed by atoms with E-state index >= 15 is 0 Å². The molecule has 0 aliphatic heterocycles. The molecule has 0 radical (unpaired) electrons. The van der Waals surface area contributed by atoms with E-state index in [9.17, 15) is 0 Å². The van der Waals surface area contributed by atoms with E-state index in [0.29, 0.717) is 17.5 Å². The molecule has 0 unspecified atom stereocenters. The van der Waals surface area contributed by atoms with Crippen molar-refractivity contribution < 1.29 is 8.83 Å². The summed E-state index contributed by atoms with van der Waals surface area (Å²) in [4.78, 5) is 14.9. The number of hydrogen-bond donors (Lipinski definition) is 0. The van der Waals surface area contributed by atoms with Crippen LogP contribution in [-0.2, 0) is 0 Å². The highest BCUT2D eigenvalue weighted by atomic mass is 16.3. The Balaban J connectivity index is 1.05. The van der Waals surface area contributed by atoms with Crippen LogP contribution < -0.4 is 0 Å². The van der Waals surface area contributed by atoms with Crippen LogP contribution in [0.5, 0.6) is 0 Å². The second-order valence-corrected chi connectivity index (χ2v) is 12.4. The average Bonchev–Trinajstić information content (AvgIpc) is 3.76. The SMILES string of the molecule is c1ccc(-c2nc(-c3cccc(-c4ccc(-c5cccc6oc7ccccc7c56)cc4)c3)nc(-c3ccc4c(c3)oc3ccccc34)n2)cc1. The molecule has 0 saturated heterocycles. The van der Waals surface area contributed by atoms with Crippen molar-refractivity contribution in [3.05, 3.63) is 164 Å². The van der Waals surface area contributed by atoms with Gasteiger partial charge in [0.1, 0.15) is 22.3 Å². The largest absolute Gasteiger partial charge is 0.456 e. The zero-order valence-corrected chi connectivity index (χ0v) is 26.7. The molecular weight excluding hydrogens is 615 g/mol. The van der Waals surface area contributed by atoms with Gasteiger partial charge in [0, 0.05) is 38.2 Å². The summed E-state index contributed by atoms with van der Waals surface area (Å²) in [7, 11) is 0. The van der Waals surface area contributed by atoms with Gasteiger partial charge in [0.2, 0.25) is 0 Å². The van der Waals surface area contributed by atoms with Gasteiger partial charge in [-0.25, -0.2) is 15.0 Å². The lowest BCUT2D eigenvalue weighted by atomic mass is 9.96. The lowest BCUT2D eigenvalue weighted by Gasteiger charge is -2.10. The number of hydrogen-bond acceptors (Lipinski definition) is 5. The fourth-order valence-corrected chi connectivity index (χ4v) is 6.91. The monoisotopic (exact) mass is 641 g/mol. The second-order valence-electron chi connectivity index (χ2n) is 12.4. The minimum absolute atomic E-state index is 0.590. The van der Waals surface area contributed by atoms with E-state index in [4.69, 9.17) is 23.8 Å². The highest BCUT2D eigenvalue weighted by Crippen LogP contribution is 2.38. The molecule has 0 bridgehead atoms. The number of fused-ring (bicyclic) bond motifs is 6. The summed E-state index contributed by atoms with van der Waals surface area (Å²) in [6, 6.07) is 55.8. The Morgan fingerprint density at radius 3 is 1.62 bits per heavy atom. The van der Waals surface area contributed by atoms with Crippen LogP contribution in [0.2, 0.25) is 0 Å². The molecule has 10 aromatic rings. The smallest absolute Gasteiger partial charge is 0.164 e. The zero-order valence-electron chi connectivity index (χ0n) is 26.7. The third-order valence-corrected chi connectivity index (χ3v) is 9.36. The molecule has 5 nitrogen and oxygen atoms in total. The van der Waals surface area contributed by atoms with E-state index in [-0.39, 0.29) is 0 Å². The molecule has 10 rings (SSSR count). The average molecular weight is 642 g/mol. The molecule has 50 heavy (non-hydrogen) atoms. The van der Waals surface area contributed by atoms with E-state index in [1.165, 1.54) is 0 Å². The maximum atomic E-state index is 6.21. The Kier molecular flexibility index (Phi) is 6.42. The van der Waals surface area contributed by atoms with Crippen molar-refractivity contribution in [3.8, 4) is 56.4 Å². The third-order valence-electron chi connectivity index (χ3n) is 9.36. The number of furan rings is 2. The second kappa shape index (κ2) is 11.4. The van der Waals surface area contributed by atoms with Gasteiger partial charge in [0.25, 0.3) is 0 Å². The van der Waals surface area contributed by atoms with Crippen molar-refractivity contribution in [2.24, 2.45) is 0 Å². The molecular formula is C45H27N3O2. The van der Waals surface area contributed by atoms with Crippen LogP contribution in [0.25, 0.3) is 100 Å². The van der Waals surface area contributed by atoms with Crippen LogP contribution in [-0.4, -0.2) is 15.0 Å². The number of nitrogens with zero attached hydrogens (tertiary/aromatic N) is 3. The molecule has 7 aromatic carbocycles. The Hall–Kier alpha value is -6.85. The highest BCUT2D eigenvalue weighted by Gasteiger charge is 2.16. The summed E-state index contributed by atoms with van der Waals surface area (Å²) in [5.74, 6) is 1.81. The maximum Gasteiger partial charge on any atom is 0.164 e. The van der Waals surface area contributed by atoms with Crippen molar-refractivity contribution in [3.63, 3.8) is 0 Å². The van der Waals surface area contributed by atoms with E-state index in [2.05, 4.69) is 91.0 Å². The predicted octanol–water partition coefficient (Wildman–Crippen LogP) is 12.0. The van der Waals surface area contributed by atoms with Gasteiger partial charge < -0.3 is 8.83 Å². The molecule has 5 heteroatoms. The first-order valence-corrected chi connectivity index (χ1v) is 16.6. The van der Waals surface area contributed by atoms with Crippen molar-refractivity contribution in [1.82, 2.24) is 15.0 Å². The number of para-hydroxylation sites is 2. The summed E-state index contributed by atoms with van der Waals surface area (Å²) in [6.45, 7) is 0. The van der Waals surface area contributed by atoms with Crippen LogP contribution in [0.4, 0.5) is 0 Å². The van der Waals surface area contributed by atoms with Crippen molar-refractivity contribution >= 4 is 43.9 Å². The van der Waals surface area contributed by atoms with E-state index in [1.54, 1.807) is 0 Å². The van der Waals surface area contributed by atoms with Gasteiger partial charge in [0.05, 0.1) is 0 Å². The van der Waals surface area contributed by atoms with Crippen molar-refractivity contribution in [1.29, 1.82) is 0 Å². The number of rotatable bonds is 5. The van der Waals surface area contributed by atoms with Gasteiger partial charge in [-0.2, -0.15) is 0 Å². The number of benzene rings is 7. The lowest BCUT2D eigenvalue weighted by Crippen LogP contribution is -2.00. The van der Waals surface area contributed by atoms with Crippen molar-refractivity contribution in [2.45, 2.75) is 0 Å². The van der Waals surface area contributed by atoms with Crippen LogP contribution in [0.15, 0.2) is 173 Å². The Labute approximate surface area is 287 Å². The summed E-state index contributed by atoms with van der Waals surface area (Å²) in [5, 5.41) is 4.42. The van der Waals surface area contributed by atoms with Crippen LogP contribution >= 0.6 is 0 Å². The fraction of sp³-hybridized carbons (Fsp3) is 0. The van der Waals surface area contributed by atoms with Crippen LogP contribution in [0.3, 0.4) is 0 Å². The van der Waals surface area contributed by atoms with E-state index in [0.717, 1.165) is 82.8 Å². The normalized spacial score (nSPS) is 11.6. The molecule has 0 amide bonds. The molecule has 3 heterocycles. The summed E-state index contributed by atoms with van der Waals surface area (Å²) in [6.07, 6.45) is 0. The van der Waals surface area contributed by atoms with E-state index in [1.807, 2.05) is 72.8 Å². The van der Waals surface area contributed by atoms with Gasteiger partial charge in [0.15, 0.2) is 17.5 Å². The summed E-state index contributed by atoms with van der Waals surface area (Å²) < 4.78 is 12.4. The molecule has 0 N–H and O–H groups in total. The Bertz CT molecular complexity index is 2870. The third kappa shape index (κ3) is 4.75. The van der Waals surface area contributed by atoms with Gasteiger partial charge in [-0.05, 0) is 58.7 Å². The first-order chi connectivity index (χ1) is 24.7. The molecule has 0 atom stereocenters. The fourth-order valence-electron chi connectivity index (χ4n) is 6.91. The maximum absolute atomic E-state index is 6.21. The van der Waals surface area contributed by atoms with Gasteiger partial charge >= 0.3 is 0 Å².